The number of amides is 1. The zero-order chi connectivity index (χ0) is 16.1. The number of nitrogens with two attached hydrogens (primary N) is 1. The highest BCUT2D eigenvalue weighted by molar-refractivity contribution is 5.85. The molecule has 0 aliphatic carbocycles. The molecule has 4 nitrogen and oxygen atoms in total. The van der Waals surface area contributed by atoms with E-state index in [1.165, 1.54) is 12.1 Å². The van der Waals surface area contributed by atoms with Gasteiger partial charge >= 0.3 is 6.18 Å². The third-order valence-corrected chi connectivity index (χ3v) is 2.90. The molecule has 0 spiro atoms. The Morgan fingerprint density at radius 2 is 1.77 bits per heavy atom. The van der Waals surface area contributed by atoms with Crippen molar-refractivity contribution in [3.63, 3.8) is 0 Å². The van der Waals surface area contributed by atoms with E-state index in [4.69, 9.17) is 5.73 Å². The highest BCUT2D eigenvalue weighted by Crippen LogP contribution is 2.19. The van der Waals surface area contributed by atoms with E-state index in [0.29, 0.717) is 0 Å². The zero-order valence-corrected chi connectivity index (χ0v) is 13.2. The summed E-state index contributed by atoms with van der Waals surface area (Å²) in [5.41, 5.74) is 5.60. The molecule has 0 aliphatic rings. The van der Waals surface area contributed by atoms with Gasteiger partial charge in [0.2, 0.25) is 5.91 Å². The lowest BCUT2D eigenvalue weighted by molar-refractivity contribution is -0.153. The Morgan fingerprint density at radius 3 is 2.23 bits per heavy atom. The summed E-state index contributed by atoms with van der Waals surface area (Å²) in [6.45, 7) is 2.64. The van der Waals surface area contributed by atoms with Crippen LogP contribution in [0.4, 0.5) is 13.2 Å². The highest BCUT2D eigenvalue weighted by atomic mass is 35.5. The summed E-state index contributed by atoms with van der Waals surface area (Å²) in [5, 5.41) is 2.73. The lowest BCUT2D eigenvalue weighted by atomic mass is 9.92. The molecule has 1 aromatic rings. The molecule has 0 atom stereocenters. The number of rotatable bonds is 6. The number of carbonyl (C=O) groups excluding carboxylic acids is 1. The molecular weight excluding hydrogens is 321 g/mol. The second kappa shape index (κ2) is 8.24. The van der Waals surface area contributed by atoms with Crippen molar-refractivity contribution in [1.82, 2.24) is 5.32 Å². The first-order chi connectivity index (χ1) is 9.64. The smallest absolute Gasteiger partial charge is 0.422 e. The van der Waals surface area contributed by atoms with Crippen molar-refractivity contribution in [1.29, 1.82) is 0 Å². The van der Waals surface area contributed by atoms with Crippen LogP contribution in [0.15, 0.2) is 24.3 Å². The lowest BCUT2D eigenvalue weighted by Gasteiger charge is -2.21. The van der Waals surface area contributed by atoms with Crippen molar-refractivity contribution in [3.05, 3.63) is 29.8 Å². The maximum Gasteiger partial charge on any atom is 0.422 e. The fourth-order valence-electron chi connectivity index (χ4n) is 1.38. The monoisotopic (exact) mass is 340 g/mol. The van der Waals surface area contributed by atoms with Gasteiger partial charge in [0.15, 0.2) is 6.61 Å². The molecule has 3 N–H and O–H groups in total. The maximum absolute atomic E-state index is 12.0. The summed E-state index contributed by atoms with van der Waals surface area (Å²) < 4.78 is 40.6. The molecule has 1 rings (SSSR count). The number of benzene rings is 1. The molecule has 0 radical (unpaired) electrons. The number of alkyl halides is 3. The topological polar surface area (TPSA) is 64.4 Å². The summed E-state index contributed by atoms with van der Waals surface area (Å²) in [6, 6.07) is 6.06. The first-order valence-electron chi connectivity index (χ1n) is 6.41. The molecule has 126 valence electrons. The third kappa shape index (κ3) is 7.00. The van der Waals surface area contributed by atoms with Crippen LogP contribution < -0.4 is 15.8 Å². The van der Waals surface area contributed by atoms with Gasteiger partial charge in [0, 0.05) is 13.1 Å². The van der Waals surface area contributed by atoms with E-state index in [-0.39, 0.29) is 37.2 Å². The largest absolute Gasteiger partial charge is 0.484 e. The number of carbonyl (C=O) groups is 1. The number of hydrogen-bond donors (Lipinski definition) is 2. The van der Waals surface area contributed by atoms with Crippen molar-refractivity contribution in [2.24, 2.45) is 11.1 Å². The lowest BCUT2D eigenvalue weighted by Crippen LogP contribution is -2.41. The van der Waals surface area contributed by atoms with Crippen LogP contribution in [0, 0.1) is 5.41 Å². The minimum absolute atomic E-state index is 0. The molecule has 1 amide bonds. The van der Waals surface area contributed by atoms with E-state index in [9.17, 15) is 18.0 Å². The van der Waals surface area contributed by atoms with Crippen molar-refractivity contribution in [2.45, 2.75) is 26.6 Å². The number of hydrogen-bond acceptors (Lipinski definition) is 3. The summed E-state index contributed by atoms with van der Waals surface area (Å²) in [6.07, 6.45) is -4.36. The minimum atomic E-state index is -4.36. The summed E-state index contributed by atoms with van der Waals surface area (Å²) >= 11 is 0. The van der Waals surface area contributed by atoms with Gasteiger partial charge in [-0.25, -0.2) is 0 Å². The second-order valence-electron chi connectivity index (χ2n) is 5.32. The van der Waals surface area contributed by atoms with Crippen LogP contribution in [-0.4, -0.2) is 25.2 Å². The van der Waals surface area contributed by atoms with E-state index in [2.05, 4.69) is 10.1 Å². The standard InChI is InChI=1S/C14H19F3N2O2.ClH/c1-13(2,8-18)12(20)19-7-10-3-5-11(6-4-10)21-9-14(15,16)17;/h3-6H,7-9,18H2,1-2H3,(H,19,20);1H. The summed E-state index contributed by atoms with van der Waals surface area (Å²) in [7, 11) is 0. The second-order valence-corrected chi connectivity index (χ2v) is 5.32. The predicted octanol–water partition coefficient (Wildman–Crippen LogP) is 2.65. The Labute approximate surface area is 133 Å². The molecular formula is C14H20ClF3N2O2. The molecule has 0 saturated heterocycles. The fraction of sp³-hybridized carbons (Fsp3) is 0.500. The van der Waals surface area contributed by atoms with E-state index in [1.807, 2.05) is 0 Å². The van der Waals surface area contributed by atoms with Crippen molar-refractivity contribution in [3.8, 4) is 5.75 Å². The molecule has 0 saturated carbocycles. The molecule has 0 unspecified atom stereocenters. The Hall–Kier alpha value is -1.47. The quantitative estimate of drug-likeness (QED) is 0.836. The third-order valence-electron chi connectivity index (χ3n) is 2.90. The number of halogens is 4. The molecule has 22 heavy (non-hydrogen) atoms. The van der Waals surface area contributed by atoms with Gasteiger partial charge in [0.1, 0.15) is 5.75 Å². The molecule has 0 heterocycles. The first kappa shape index (κ1) is 20.5. The molecule has 1 aromatic carbocycles. The van der Waals surface area contributed by atoms with E-state index >= 15 is 0 Å². The molecule has 8 heteroatoms. The number of ether oxygens (including phenoxy) is 1. The van der Waals surface area contributed by atoms with Crippen LogP contribution in [0.1, 0.15) is 19.4 Å². The van der Waals surface area contributed by atoms with Gasteiger partial charge < -0.3 is 15.8 Å². The van der Waals surface area contributed by atoms with Crippen LogP contribution in [0.5, 0.6) is 5.75 Å². The van der Waals surface area contributed by atoms with Crippen LogP contribution in [-0.2, 0) is 11.3 Å². The van der Waals surface area contributed by atoms with Gasteiger partial charge in [-0.15, -0.1) is 12.4 Å². The average molecular weight is 341 g/mol. The SMILES string of the molecule is CC(C)(CN)C(=O)NCc1ccc(OCC(F)(F)F)cc1.Cl. The van der Waals surface area contributed by atoms with Crippen molar-refractivity contribution >= 4 is 18.3 Å². The zero-order valence-electron chi connectivity index (χ0n) is 12.4. The molecule has 0 bridgehead atoms. The van der Waals surface area contributed by atoms with Gasteiger partial charge in [-0.3, -0.25) is 4.79 Å². The van der Waals surface area contributed by atoms with Crippen LogP contribution in [0.3, 0.4) is 0 Å². The summed E-state index contributed by atoms with van der Waals surface area (Å²) in [5.74, 6) is -0.0490. The van der Waals surface area contributed by atoms with Gasteiger partial charge in [-0.05, 0) is 31.5 Å². The normalized spacial score (nSPS) is 11.5. The van der Waals surface area contributed by atoms with Crippen LogP contribution in [0.25, 0.3) is 0 Å². The number of nitrogens with one attached hydrogen (secondary N) is 1. The maximum atomic E-state index is 12.0. The average Bonchev–Trinajstić information content (AvgIpc) is 2.42. The Morgan fingerprint density at radius 1 is 1.23 bits per heavy atom. The van der Waals surface area contributed by atoms with Gasteiger partial charge in [0.05, 0.1) is 5.41 Å². The first-order valence-corrected chi connectivity index (χ1v) is 6.41. The Balaban J connectivity index is 0.00000441. The highest BCUT2D eigenvalue weighted by Gasteiger charge is 2.28. The van der Waals surface area contributed by atoms with Crippen molar-refractivity contribution in [2.75, 3.05) is 13.2 Å². The van der Waals surface area contributed by atoms with Gasteiger partial charge in [-0.2, -0.15) is 13.2 Å². The predicted molar refractivity (Wildman–Crippen MR) is 79.9 cm³/mol. The van der Waals surface area contributed by atoms with E-state index < -0.39 is 18.2 Å². The Bertz CT molecular complexity index is 476. The van der Waals surface area contributed by atoms with Gasteiger partial charge in [0.25, 0.3) is 0 Å². The van der Waals surface area contributed by atoms with E-state index in [0.717, 1.165) is 5.56 Å². The van der Waals surface area contributed by atoms with E-state index in [1.54, 1.807) is 26.0 Å². The van der Waals surface area contributed by atoms with Crippen LogP contribution in [0.2, 0.25) is 0 Å². The molecule has 0 fully saturated rings. The molecule has 0 aromatic heterocycles. The van der Waals surface area contributed by atoms with Crippen molar-refractivity contribution < 1.29 is 22.7 Å². The minimum Gasteiger partial charge on any atom is -0.484 e. The Kier molecular flexibility index (Phi) is 7.69. The molecule has 0 aliphatic heterocycles. The van der Waals surface area contributed by atoms with Crippen LogP contribution >= 0.6 is 12.4 Å². The fourth-order valence-corrected chi connectivity index (χ4v) is 1.38. The summed E-state index contributed by atoms with van der Waals surface area (Å²) in [4.78, 5) is 11.8. The van der Waals surface area contributed by atoms with Gasteiger partial charge in [-0.1, -0.05) is 12.1 Å².